The Morgan fingerprint density at radius 1 is 0.857 bits per heavy atom. The van der Waals surface area contributed by atoms with Gasteiger partial charge >= 0.3 is 0 Å². The van der Waals surface area contributed by atoms with Crippen molar-refractivity contribution < 1.29 is 5.21 Å². The van der Waals surface area contributed by atoms with E-state index in [4.69, 9.17) is 0 Å². The van der Waals surface area contributed by atoms with Crippen molar-refractivity contribution in [2.75, 3.05) is 13.1 Å². The standard InChI is InChI=1S/C18H34N2O/c1-16-12-14-20(15-13-16)18-11-9-7-5-3-2-4-6-8-10-17(18)19-21/h16,18,21H,2-15H2,1H3/b19-17+/t18-/m1/s1. The summed E-state index contributed by atoms with van der Waals surface area (Å²) in [6, 6.07) is 0.405. The summed E-state index contributed by atoms with van der Waals surface area (Å²) in [6.45, 7) is 4.73. The second-order valence-corrected chi connectivity index (χ2v) is 7.19. The van der Waals surface area contributed by atoms with Gasteiger partial charge in [-0.05, 0) is 51.1 Å². The van der Waals surface area contributed by atoms with Gasteiger partial charge in [0.25, 0.3) is 0 Å². The van der Waals surface area contributed by atoms with Crippen LogP contribution in [0.15, 0.2) is 5.16 Å². The molecular formula is C18H34N2O. The highest BCUT2D eigenvalue weighted by Crippen LogP contribution is 2.24. The minimum Gasteiger partial charge on any atom is -0.411 e. The van der Waals surface area contributed by atoms with E-state index in [1.165, 1.54) is 83.7 Å². The maximum atomic E-state index is 9.51. The first-order valence-electron chi connectivity index (χ1n) is 9.26. The monoisotopic (exact) mass is 294 g/mol. The molecule has 0 spiro atoms. The first-order valence-corrected chi connectivity index (χ1v) is 9.26. The van der Waals surface area contributed by atoms with Gasteiger partial charge in [-0.25, -0.2) is 0 Å². The number of piperidine rings is 1. The average molecular weight is 294 g/mol. The quantitative estimate of drug-likeness (QED) is 0.555. The third kappa shape index (κ3) is 5.61. The Morgan fingerprint density at radius 3 is 2.05 bits per heavy atom. The fourth-order valence-corrected chi connectivity index (χ4v) is 3.89. The molecule has 0 radical (unpaired) electrons. The van der Waals surface area contributed by atoms with Crippen molar-refractivity contribution in [3.05, 3.63) is 0 Å². The highest BCUT2D eigenvalue weighted by molar-refractivity contribution is 5.89. The van der Waals surface area contributed by atoms with Gasteiger partial charge in [0.05, 0.1) is 11.8 Å². The summed E-state index contributed by atoms with van der Waals surface area (Å²) in [5.41, 5.74) is 1.06. The van der Waals surface area contributed by atoms with Gasteiger partial charge in [-0.3, -0.25) is 4.90 Å². The summed E-state index contributed by atoms with van der Waals surface area (Å²) in [5, 5.41) is 13.2. The molecule has 0 amide bonds. The summed E-state index contributed by atoms with van der Waals surface area (Å²) >= 11 is 0. The molecule has 1 N–H and O–H groups in total. The molecule has 1 aliphatic carbocycles. The maximum Gasteiger partial charge on any atom is 0.0742 e. The van der Waals surface area contributed by atoms with Crippen LogP contribution < -0.4 is 0 Å². The number of hydrogen-bond donors (Lipinski definition) is 1. The van der Waals surface area contributed by atoms with Crippen molar-refractivity contribution in [2.45, 2.75) is 90.0 Å². The first kappa shape index (κ1) is 16.8. The highest BCUT2D eigenvalue weighted by atomic mass is 16.4. The van der Waals surface area contributed by atoms with Gasteiger partial charge in [0.1, 0.15) is 0 Å². The Labute approximate surface area is 130 Å². The van der Waals surface area contributed by atoms with Crippen LogP contribution in [0.5, 0.6) is 0 Å². The summed E-state index contributed by atoms with van der Waals surface area (Å²) in [4.78, 5) is 2.60. The molecule has 1 heterocycles. The molecule has 0 aromatic carbocycles. The fraction of sp³-hybridized carbons (Fsp3) is 0.944. The van der Waals surface area contributed by atoms with Gasteiger partial charge < -0.3 is 5.21 Å². The van der Waals surface area contributed by atoms with Crippen LogP contribution in [-0.4, -0.2) is 35.0 Å². The Balaban J connectivity index is 1.96. The third-order valence-corrected chi connectivity index (χ3v) is 5.43. The summed E-state index contributed by atoms with van der Waals surface area (Å²) in [5.74, 6) is 0.863. The van der Waals surface area contributed by atoms with E-state index >= 15 is 0 Å². The molecule has 3 heteroatoms. The molecule has 2 fully saturated rings. The summed E-state index contributed by atoms with van der Waals surface area (Å²) in [7, 11) is 0. The third-order valence-electron chi connectivity index (χ3n) is 5.43. The Bertz CT molecular complexity index is 308. The van der Waals surface area contributed by atoms with Crippen molar-refractivity contribution >= 4 is 5.71 Å². The molecule has 1 atom stereocenters. The Kier molecular flexibility index (Phi) is 7.56. The number of rotatable bonds is 1. The SMILES string of the molecule is CC1CCN([C@@H]2CCCCCCCCCC/C2=N\O)CC1. The summed E-state index contributed by atoms with van der Waals surface area (Å²) in [6.07, 6.45) is 15.4. The number of likely N-dealkylation sites (tertiary alicyclic amines) is 1. The van der Waals surface area contributed by atoms with Crippen LogP contribution >= 0.6 is 0 Å². The van der Waals surface area contributed by atoms with E-state index in [0.29, 0.717) is 6.04 Å². The van der Waals surface area contributed by atoms with E-state index < -0.39 is 0 Å². The van der Waals surface area contributed by atoms with Gasteiger partial charge in [-0.1, -0.05) is 57.0 Å². The lowest BCUT2D eigenvalue weighted by Gasteiger charge is -2.37. The van der Waals surface area contributed by atoms with E-state index in [1.807, 2.05) is 0 Å². The van der Waals surface area contributed by atoms with E-state index in [2.05, 4.69) is 17.0 Å². The largest absolute Gasteiger partial charge is 0.411 e. The molecule has 0 aromatic heterocycles. The molecule has 1 saturated carbocycles. The van der Waals surface area contributed by atoms with Gasteiger partial charge in [-0.15, -0.1) is 0 Å². The molecule has 0 aromatic rings. The van der Waals surface area contributed by atoms with Crippen molar-refractivity contribution in [1.29, 1.82) is 0 Å². The number of oxime groups is 1. The molecule has 0 bridgehead atoms. The van der Waals surface area contributed by atoms with Gasteiger partial charge in [-0.2, -0.15) is 0 Å². The predicted molar refractivity (Wildman–Crippen MR) is 89.2 cm³/mol. The second-order valence-electron chi connectivity index (χ2n) is 7.19. The first-order chi connectivity index (χ1) is 10.3. The lowest BCUT2D eigenvalue weighted by atomic mass is 9.92. The number of hydrogen-bond acceptors (Lipinski definition) is 3. The lowest BCUT2D eigenvalue weighted by molar-refractivity contribution is 0.158. The predicted octanol–water partition coefficient (Wildman–Crippen LogP) is 4.83. The molecule has 1 saturated heterocycles. The zero-order chi connectivity index (χ0) is 14.9. The second kappa shape index (κ2) is 9.45. The molecular weight excluding hydrogens is 260 g/mol. The minimum absolute atomic E-state index is 0.405. The average Bonchev–Trinajstić information content (AvgIpc) is 2.49. The van der Waals surface area contributed by atoms with Crippen LogP contribution in [-0.2, 0) is 0 Å². The molecule has 2 aliphatic rings. The van der Waals surface area contributed by atoms with Gasteiger partial charge in [0.2, 0.25) is 0 Å². The van der Waals surface area contributed by atoms with Crippen molar-refractivity contribution in [1.82, 2.24) is 4.90 Å². The molecule has 0 unspecified atom stereocenters. The highest BCUT2D eigenvalue weighted by Gasteiger charge is 2.27. The molecule has 21 heavy (non-hydrogen) atoms. The van der Waals surface area contributed by atoms with Crippen LogP contribution in [0, 0.1) is 5.92 Å². The molecule has 2 rings (SSSR count). The van der Waals surface area contributed by atoms with Gasteiger partial charge in [0, 0.05) is 0 Å². The van der Waals surface area contributed by atoms with E-state index in [-0.39, 0.29) is 0 Å². The Morgan fingerprint density at radius 2 is 1.43 bits per heavy atom. The lowest BCUT2D eigenvalue weighted by Crippen LogP contribution is -2.45. The zero-order valence-electron chi connectivity index (χ0n) is 13.9. The van der Waals surface area contributed by atoms with Crippen molar-refractivity contribution in [3.63, 3.8) is 0 Å². The summed E-state index contributed by atoms with van der Waals surface area (Å²) < 4.78 is 0. The normalized spacial score (nSPS) is 30.7. The van der Waals surface area contributed by atoms with E-state index in [1.54, 1.807) is 0 Å². The van der Waals surface area contributed by atoms with Crippen LogP contribution in [0.3, 0.4) is 0 Å². The minimum atomic E-state index is 0.405. The molecule has 122 valence electrons. The van der Waals surface area contributed by atoms with Crippen LogP contribution in [0.4, 0.5) is 0 Å². The zero-order valence-corrected chi connectivity index (χ0v) is 13.9. The topological polar surface area (TPSA) is 35.8 Å². The van der Waals surface area contributed by atoms with E-state index in [0.717, 1.165) is 18.1 Å². The fourth-order valence-electron chi connectivity index (χ4n) is 3.89. The van der Waals surface area contributed by atoms with Crippen LogP contribution in [0.1, 0.15) is 84.0 Å². The van der Waals surface area contributed by atoms with Crippen LogP contribution in [0.2, 0.25) is 0 Å². The Hall–Kier alpha value is -0.570. The van der Waals surface area contributed by atoms with Crippen molar-refractivity contribution in [2.24, 2.45) is 11.1 Å². The van der Waals surface area contributed by atoms with E-state index in [9.17, 15) is 5.21 Å². The van der Waals surface area contributed by atoms with Crippen molar-refractivity contribution in [3.8, 4) is 0 Å². The van der Waals surface area contributed by atoms with Gasteiger partial charge in [0.15, 0.2) is 0 Å². The van der Waals surface area contributed by atoms with Crippen LogP contribution in [0.25, 0.3) is 0 Å². The molecule has 3 nitrogen and oxygen atoms in total. The smallest absolute Gasteiger partial charge is 0.0742 e. The number of nitrogens with zero attached hydrogens (tertiary/aromatic N) is 2. The maximum absolute atomic E-state index is 9.51. The molecule has 1 aliphatic heterocycles.